The van der Waals surface area contributed by atoms with Gasteiger partial charge in [0, 0.05) is 25.3 Å². The lowest BCUT2D eigenvalue weighted by molar-refractivity contribution is 0.0647. The third-order valence-corrected chi connectivity index (χ3v) is 4.89. The molecule has 0 radical (unpaired) electrons. The molecule has 0 aliphatic heterocycles. The molecule has 24 heavy (non-hydrogen) atoms. The maximum atomic E-state index is 13.0. The third-order valence-electron chi connectivity index (χ3n) is 4.89. The van der Waals surface area contributed by atoms with E-state index >= 15 is 0 Å². The van der Waals surface area contributed by atoms with E-state index in [-0.39, 0.29) is 24.4 Å². The zero-order valence-electron chi connectivity index (χ0n) is 13.7. The largest absolute Gasteiger partial charge is 0.396 e. The molecular formula is C18H22FN3O2. The van der Waals surface area contributed by atoms with E-state index in [9.17, 15) is 14.3 Å². The number of benzene rings is 1. The van der Waals surface area contributed by atoms with Crippen LogP contribution in [0, 0.1) is 11.7 Å². The zero-order valence-corrected chi connectivity index (χ0v) is 13.7. The smallest absolute Gasteiger partial charge is 0.271 e. The van der Waals surface area contributed by atoms with E-state index in [4.69, 9.17) is 0 Å². The highest BCUT2D eigenvalue weighted by Gasteiger charge is 2.27. The molecule has 1 amide bonds. The van der Waals surface area contributed by atoms with Crippen molar-refractivity contribution >= 4 is 5.91 Å². The van der Waals surface area contributed by atoms with Crippen molar-refractivity contribution in [2.75, 3.05) is 13.7 Å². The summed E-state index contributed by atoms with van der Waals surface area (Å²) in [7, 11) is 1.81. The zero-order chi connectivity index (χ0) is 17.1. The number of hydrogen-bond donors (Lipinski definition) is 2. The van der Waals surface area contributed by atoms with Gasteiger partial charge < -0.3 is 10.0 Å². The number of amides is 1. The minimum absolute atomic E-state index is 0.0942. The number of aromatic nitrogens is 2. The Kier molecular flexibility index (Phi) is 4.94. The van der Waals surface area contributed by atoms with Crippen LogP contribution in [0.2, 0.25) is 0 Å². The van der Waals surface area contributed by atoms with Crippen molar-refractivity contribution < 1.29 is 14.3 Å². The van der Waals surface area contributed by atoms with Crippen LogP contribution < -0.4 is 0 Å². The van der Waals surface area contributed by atoms with Crippen LogP contribution in [0.25, 0.3) is 11.3 Å². The van der Waals surface area contributed by atoms with E-state index in [0.29, 0.717) is 17.3 Å². The third kappa shape index (κ3) is 3.48. The Bertz CT molecular complexity index is 691. The van der Waals surface area contributed by atoms with Gasteiger partial charge in [0.05, 0.1) is 5.69 Å². The summed E-state index contributed by atoms with van der Waals surface area (Å²) in [5.41, 5.74) is 1.81. The number of aromatic amines is 1. The Labute approximate surface area is 140 Å². The number of rotatable bonds is 4. The van der Waals surface area contributed by atoms with Crippen LogP contribution in [0.1, 0.15) is 36.2 Å². The van der Waals surface area contributed by atoms with Gasteiger partial charge in [-0.1, -0.05) is 0 Å². The van der Waals surface area contributed by atoms with Crippen molar-refractivity contribution in [3.8, 4) is 11.3 Å². The topological polar surface area (TPSA) is 69.2 Å². The van der Waals surface area contributed by atoms with E-state index < -0.39 is 0 Å². The molecule has 0 bridgehead atoms. The van der Waals surface area contributed by atoms with Gasteiger partial charge in [-0.15, -0.1) is 0 Å². The van der Waals surface area contributed by atoms with Crippen molar-refractivity contribution in [1.29, 1.82) is 0 Å². The molecule has 1 aliphatic rings. The number of hydrogen-bond acceptors (Lipinski definition) is 3. The first-order valence-electron chi connectivity index (χ1n) is 8.28. The van der Waals surface area contributed by atoms with Gasteiger partial charge in [-0.2, -0.15) is 5.10 Å². The Morgan fingerprint density at radius 2 is 1.96 bits per heavy atom. The Balaban J connectivity index is 1.68. The summed E-state index contributed by atoms with van der Waals surface area (Å²) in [6.45, 7) is 0.228. The second-order valence-electron chi connectivity index (χ2n) is 6.45. The van der Waals surface area contributed by atoms with Crippen LogP contribution in [0.4, 0.5) is 4.39 Å². The Hall–Kier alpha value is -2.21. The summed E-state index contributed by atoms with van der Waals surface area (Å²) in [6, 6.07) is 7.91. The van der Waals surface area contributed by atoms with Crippen LogP contribution in [0.15, 0.2) is 30.3 Å². The number of H-pyrrole nitrogens is 1. The van der Waals surface area contributed by atoms with Gasteiger partial charge in [0.25, 0.3) is 5.91 Å². The molecule has 0 unspecified atom stereocenters. The summed E-state index contributed by atoms with van der Waals surface area (Å²) in [5.74, 6) is -0.0332. The summed E-state index contributed by atoms with van der Waals surface area (Å²) < 4.78 is 13.0. The van der Waals surface area contributed by atoms with Crippen molar-refractivity contribution in [3.05, 3.63) is 41.8 Å². The van der Waals surface area contributed by atoms with Crippen molar-refractivity contribution in [2.24, 2.45) is 5.92 Å². The first kappa shape index (κ1) is 16.6. The summed E-state index contributed by atoms with van der Waals surface area (Å²) in [6.07, 6.45) is 3.71. The molecule has 1 aromatic heterocycles. The summed E-state index contributed by atoms with van der Waals surface area (Å²) >= 11 is 0. The fourth-order valence-corrected chi connectivity index (χ4v) is 3.27. The molecule has 6 heteroatoms. The fourth-order valence-electron chi connectivity index (χ4n) is 3.27. The van der Waals surface area contributed by atoms with Gasteiger partial charge in [-0.25, -0.2) is 4.39 Å². The predicted octanol–water partition coefficient (Wildman–Crippen LogP) is 2.84. The standard InChI is InChI=1S/C18H22FN3O2/c1-22(15-8-2-12(11-23)3-9-15)18(24)17-10-16(20-21-17)13-4-6-14(19)7-5-13/h4-7,10,12,15,23H,2-3,8-9,11H2,1H3,(H,20,21). The minimum Gasteiger partial charge on any atom is -0.396 e. The molecule has 0 spiro atoms. The SMILES string of the molecule is CN(C(=O)c1cc(-c2ccc(F)cc2)n[nH]1)C1CCC(CO)CC1. The van der Waals surface area contributed by atoms with Gasteiger partial charge in [0.2, 0.25) is 0 Å². The highest BCUT2D eigenvalue weighted by atomic mass is 19.1. The fraction of sp³-hybridized carbons (Fsp3) is 0.444. The van der Waals surface area contributed by atoms with Gasteiger partial charge in [-0.3, -0.25) is 9.89 Å². The lowest BCUT2D eigenvalue weighted by Gasteiger charge is -2.33. The average Bonchev–Trinajstić information content (AvgIpc) is 3.11. The number of aliphatic hydroxyl groups excluding tert-OH is 1. The van der Waals surface area contributed by atoms with Gasteiger partial charge >= 0.3 is 0 Å². The quantitative estimate of drug-likeness (QED) is 0.905. The molecule has 1 fully saturated rings. The first-order valence-corrected chi connectivity index (χ1v) is 8.28. The van der Waals surface area contributed by atoms with E-state index in [0.717, 1.165) is 31.2 Å². The van der Waals surface area contributed by atoms with Crippen LogP contribution in [-0.4, -0.2) is 45.8 Å². The maximum absolute atomic E-state index is 13.0. The molecular weight excluding hydrogens is 309 g/mol. The van der Waals surface area contributed by atoms with E-state index in [1.807, 2.05) is 7.05 Å². The Morgan fingerprint density at radius 3 is 2.58 bits per heavy atom. The van der Waals surface area contributed by atoms with E-state index in [2.05, 4.69) is 10.2 Å². The monoisotopic (exact) mass is 331 g/mol. The molecule has 0 atom stereocenters. The molecule has 3 rings (SSSR count). The first-order chi connectivity index (χ1) is 11.6. The van der Waals surface area contributed by atoms with Crippen LogP contribution >= 0.6 is 0 Å². The van der Waals surface area contributed by atoms with E-state index in [1.165, 1.54) is 12.1 Å². The van der Waals surface area contributed by atoms with Crippen molar-refractivity contribution in [3.63, 3.8) is 0 Å². The van der Waals surface area contributed by atoms with Crippen molar-refractivity contribution in [2.45, 2.75) is 31.7 Å². The van der Waals surface area contributed by atoms with Gasteiger partial charge in [0.15, 0.2) is 0 Å². The minimum atomic E-state index is -0.302. The lowest BCUT2D eigenvalue weighted by atomic mass is 9.86. The Morgan fingerprint density at radius 1 is 1.29 bits per heavy atom. The second-order valence-corrected chi connectivity index (χ2v) is 6.45. The molecule has 0 saturated heterocycles. The van der Waals surface area contributed by atoms with Crippen molar-refractivity contribution in [1.82, 2.24) is 15.1 Å². The second kappa shape index (κ2) is 7.13. The molecule has 2 N–H and O–H groups in total. The number of carbonyl (C=O) groups excluding carboxylic acids is 1. The number of nitrogens with one attached hydrogen (secondary N) is 1. The summed E-state index contributed by atoms with van der Waals surface area (Å²) in [4.78, 5) is 14.4. The molecule has 1 aliphatic carbocycles. The highest BCUT2D eigenvalue weighted by molar-refractivity contribution is 5.93. The summed E-state index contributed by atoms with van der Waals surface area (Å²) in [5, 5.41) is 16.2. The number of aliphatic hydroxyl groups is 1. The number of carbonyl (C=O) groups is 1. The number of nitrogens with zero attached hydrogens (tertiary/aromatic N) is 2. The molecule has 1 saturated carbocycles. The van der Waals surface area contributed by atoms with Gasteiger partial charge in [0.1, 0.15) is 11.5 Å². The highest BCUT2D eigenvalue weighted by Crippen LogP contribution is 2.27. The average molecular weight is 331 g/mol. The number of halogens is 1. The van der Waals surface area contributed by atoms with Crippen LogP contribution in [0.5, 0.6) is 0 Å². The molecule has 1 aromatic carbocycles. The molecule has 5 nitrogen and oxygen atoms in total. The molecule has 2 aromatic rings. The lowest BCUT2D eigenvalue weighted by Crippen LogP contribution is -2.40. The molecule has 1 heterocycles. The van der Waals surface area contributed by atoms with Crippen LogP contribution in [-0.2, 0) is 0 Å². The normalized spacial score (nSPS) is 20.8. The maximum Gasteiger partial charge on any atom is 0.271 e. The molecule has 128 valence electrons. The van der Waals surface area contributed by atoms with Crippen LogP contribution in [0.3, 0.4) is 0 Å². The van der Waals surface area contributed by atoms with Gasteiger partial charge in [-0.05, 0) is 61.9 Å². The van der Waals surface area contributed by atoms with E-state index in [1.54, 1.807) is 23.1 Å². The predicted molar refractivity (Wildman–Crippen MR) is 88.9 cm³/mol.